The summed E-state index contributed by atoms with van der Waals surface area (Å²) in [6.07, 6.45) is 5.15. The standard InChI is InChI=1S/C20H14N6O/c27-20-25-18-19(26(20)12-13-5-1-2-9-21-13)23-11-17(24-18)15-6-3-8-16-14(15)7-4-10-22-16/h1-11H,12H2,(H,24,25,27). The Balaban J connectivity index is 1.64. The Morgan fingerprint density at radius 2 is 1.85 bits per heavy atom. The Bertz CT molecular complexity index is 1320. The molecule has 0 spiro atoms. The molecule has 0 aliphatic rings. The van der Waals surface area contributed by atoms with Crippen LogP contribution in [0.4, 0.5) is 0 Å². The van der Waals surface area contributed by atoms with Gasteiger partial charge in [0.15, 0.2) is 11.3 Å². The first-order valence-corrected chi connectivity index (χ1v) is 8.49. The highest BCUT2D eigenvalue weighted by atomic mass is 16.1. The molecular weight excluding hydrogens is 340 g/mol. The van der Waals surface area contributed by atoms with Crippen LogP contribution < -0.4 is 5.69 Å². The van der Waals surface area contributed by atoms with Crippen LogP contribution in [-0.2, 0) is 6.54 Å². The number of aromatic amines is 1. The molecule has 130 valence electrons. The van der Waals surface area contributed by atoms with Crippen molar-refractivity contribution in [3.8, 4) is 11.3 Å². The molecule has 7 nitrogen and oxygen atoms in total. The average Bonchev–Trinajstić information content (AvgIpc) is 3.03. The number of nitrogens with zero attached hydrogens (tertiary/aromatic N) is 5. The molecule has 7 heteroatoms. The minimum Gasteiger partial charge on any atom is -0.289 e. The predicted octanol–water partition coefficient (Wildman–Crippen LogP) is 2.78. The summed E-state index contributed by atoms with van der Waals surface area (Å²) in [6, 6.07) is 15.4. The number of hydrogen-bond acceptors (Lipinski definition) is 5. The lowest BCUT2D eigenvalue weighted by Gasteiger charge is -2.06. The first-order valence-electron chi connectivity index (χ1n) is 8.49. The SMILES string of the molecule is O=c1[nH]c2nc(-c3cccc4ncccc34)cnc2n1Cc1ccccn1. The molecule has 0 bridgehead atoms. The van der Waals surface area contributed by atoms with Gasteiger partial charge in [-0.15, -0.1) is 0 Å². The van der Waals surface area contributed by atoms with Crippen LogP contribution in [-0.4, -0.2) is 29.5 Å². The second-order valence-electron chi connectivity index (χ2n) is 6.14. The highest BCUT2D eigenvalue weighted by molar-refractivity contribution is 5.93. The highest BCUT2D eigenvalue weighted by Gasteiger charge is 2.13. The van der Waals surface area contributed by atoms with Crippen molar-refractivity contribution in [2.75, 3.05) is 0 Å². The largest absolute Gasteiger partial charge is 0.329 e. The van der Waals surface area contributed by atoms with E-state index < -0.39 is 0 Å². The van der Waals surface area contributed by atoms with Crippen LogP contribution in [0.1, 0.15) is 5.69 Å². The van der Waals surface area contributed by atoms with E-state index in [1.165, 1.54) is 0 Å². The number of pyridine rings is 2. The number of aromatic nitrogens is 6. The maximum atomic E-state index is 12.4. The van der Waals surface area contributed by atoms with Crippen molar-refractivity contribution in [3.63, 3.8) is 0 Å². The van der Waals surface area contributed by atoms with Gasteiger partial charge in [0.1, 0.15) is 0 Å². The molecule has 1 N–H and O–H groups in total. The normalized spacial score (nSPS) is 11.3. The molecular formula is C20H14N6O. The summed E-state index contributed by atoms with van der Waals surface area (Å²) >= 11 is 0. The number of hydrogen-bond donors (Lipinski definition) is 1. The van der Waals surface area contributed by atoms with E-state index in [0.717, 1.165) is 22.2 Å². The Morgan fingerprint density at radius 3 is 2.74 bits per heavy atom. The van der Waals surface area contributed by atoms with Crippen LogP contribution >= 0.6 is 0 Å². The van der Waals surface area contributed by atoms with Crippen LogP contribution in [0.2, 0.25) is 0 Å². The van der Waals surface area contributed by atoms with Gasteiger partial charge in [-0.3, -0.25) is 19.5 Å². The van der Waals surface area contributed by atoms with Crippen molar-refractivity contribution >= 4 is 22.2 Å². The summed E-state index contributed by atoms with van der Waals surface area (Å²) in [4.78, 5) is 33.0. The van der Waals surface area contributed by atoms with E-state index >= 15 is 0 Å². The minimum atomic E-state index is -0.257. The van der Waals surface area contributed by atoms with Gasteiger partial charge in [0.25, 0.3) is 0 Å². The Labute approximate surface area is 153 Å². The van der Waals surface area contributed by atoms with Gasteiger partial charge in [0, 0.05) is 23.3 Å². The smallest absolute Gasteiger partial charge is 0.289 e. The molecule has 4 heterocycles. The lowest BCUT2D eigenvalue weighted by molar-refractivity contribution is 0.757. The van der Waals surface area contributed by atoms with Crippen LogP contribution in [0.25, 0.3) is 33.5 Å². The lowest BCUT2D eigenvalue weighted by atomic mass is 10.1. The van der Waals surface area contributed by atoms with Crippen molar-refractivity contribution in [2.24, 2.45) is 0 Å². The molecule has 0 unspecified atom stereocenters. The maximum absolute atomic E-state index is 12.4. The summed E-state index contributed by atoms with van der Waals surface area (Å²) in [6.45, 7) is 0.339. The van der Waals surface area contributed by atoms with Gasteiger partial charge in [-0.2, -0.15) is 0 Å². The number of H-pyrrole nitrogens is 1. The topological polar surface area (TPSA) is 89.4 Å². The number of nitrogens with one attached hydrogen (secondary N) is 1. The fraction of sp³-hybridized carbons (Fsp3) is 0.0500. The minimum absolute atomic E-state index is 0.257. The van der Waals surface area contributed by atoms with E-state index in [0.29, 0.717) is 23.5 Å². The third-order valence-electron chi connectivity index (χ3n) is 4.45. The molecule has 0 amide bonds. The molecule has 27 heavy (non-hydrogen) atoms. The Hall–Kier alpha value is -3.87. The predicted molar refractivity (Wildman–Crippen MR) is 102 cm³/mol. The fourth-order valence-corrected chi connectivity index (χ4v) is 3.19. The monoisotopic (exact) mass is 354 g/mol. The molecule has 5 rings (SSSR count). The van der Waals surface area contributed by atoms with Crippen LogP contribution in [0.15, 0.2) is 71.9 Å². The molecule has 1 aromatic carbocycles. The van der Waals surface area contributed by atoms with Crippen molar-refractivity contribution in [1.82, 2.24) is 29.5 Å². The van der Waals surface area contributed by atoms with Gasteiger partial charge in [-0.05, 0) is 24.3 Å². The second-order valence-corrected chi connectivity index (χ2v) is 6.14. The summed E-state index contributed by atoms with van der Waals surface area (Å²) in [5, 5.41) is 0.990. The summed E-state index contributed by atoms with van der Waals surface area (Å²) in [7, 11) is 0. The first-order chi connectivity index (χ1) is 13.3. The van der Waals surface area contributed by atoms with Crippen molar-refractivity contribution < 1.29 is 0 Å². The highest BCUT2D eigenvalue weighted by Crippen LogP contribution is 2.26. The maximum Gasteiger partial charge on any atom is 0.329 e. The summed E-state index contributed by atoms with van der Waals surface area (Å²) in [5.74, 6) is 0. The summed E-state index contributed by atoms with van der Waals surface area (Å²) < 4.78 is 1.54. The van der Waals surface area contributed by atoms with Crippen molar-refractivity contribution in [2.45, 2.75) is 6.54 Å². The van der Waals surface area contributed by atoms with E-state index in [9.17, 15) is 4.79 Å². The van der Waals surface area contributed by atoms with E-state index in [1.807, 2.05) is 48.5 Å². The van der Waals surface area contributed by atoms with Gasteiger partial charge < -0.3 is 0 Å². The van der Waals surface area contributed by atoms with E-state index in [1.54, 1.807) is 23.2 Å². The quantitative estimate of drug-likeness (QED) is 0.538. The second kappa shape index (κ2) is 6.14. The lowest BCUT2D eigenvalue weighted by Crippen LogP contribution is -2.18. The van der Waals surface area contributed by atoms with Gasteiger partial charge in [0.05, 0.1) is 29.6 Å². The third kappa shape index (κ3) is 2.65. The molecule has 0 atom stereocenters. The molecule has 0 fully saturated rings. The number of benzene rings is 1. The Kier molecular flexibility index (Phi) is 3.50. The molecule has 0 saturated carbocycles. The van der Waals surface area contributed by atoms with Gasteiger partial charge in [-0.1, -0.05) is 24.3 Å². The van der Waals surface area contributed by atoms with Gasteiger partial charge >= 0.3 is 5.69 Å². The number of imidazole rings is 1. The van der Waals surface area contributed by atoms with E-state index in [2.05, 4.69) is 24.9 Å². The first kappa shape index (κ1) is 15.4. The Morgan fingerprint density at radius 1 is 0.926 bits per heavy atom. The average molecular weight is 354 g/mol. The van der Waals surface area contributed by atoms with Crippen molar-refractivity contribution in [3.05, 3.63) is 83.3 Å². The zero-order valence-electron chi connectivity index (χ0n) is 14.2. The fourth-order valence-electron chi connectivity index (χ4n) is 3.19. The van der Waals surface area contributed by atoms with Gasteiger partial charge in [0.2, 0.25) is 0 Å². The molecule has 0 aliphatic heterocycles. The molecule has 0 radical (unpaired) electrons. The molecule has 4 aromatic heterocycles. The third-order valence-corrected chi connectivity index (χ3v) is 4.45. The van der Waals surface area contributed by atoms with E-state index in [-0.39, 0.29) is 5.69 Å². The zero-order chi connectivity index (χ0) is 18.2. The summed E-state index contributed by atoms with van der Waals surface area (Å²) in [5.41, 5.74) is 3.99. The van der Waals surface area contributed by atoms with Crippen molar-refractivity contribution in [1.29, 1.82) is 0 Å². The van der Waals surface area contributed by atoms with Crippen LogP contribution in [0.5, 0.6) is 0 Å². The molecule has 5 aromatic rings. The van der Waals surface area contributed by atoms with E-state index in [4.69, 9.17) is 0 Å². The molecule has 0 saturated heterocycles. The van der Waals surface area contributed by atoms with Crippen LogP contribution in [0.3, 0.4) is 0 Å². The zero-order valence-corrected chi connectivity index (χ0v) is 14.2. The van der Waals surface area contributed by atoms with Crippen LogP contribution in [0, 0.1) is 0 Å². The number of rotatable bonds is 3. The number of fused-ring (bicyclic) bond motifs is 2. The molecule has 0 aliphatic carbocycles. The van der Waals surface area contributed by atoms with Gasteiger partial charge in [-0.25, -0.2) is 14.8 Å².